The molecule has 0 aromatic heterocycles. The highest BCUT2D eigenvalue weighted by Gasteiger charge is 2.28. The van der Waals surface area contributed by atoms with E-state index < -0.39 is 11.9 Å². The Kier molecular flexibility index (Phi) is 4.60. The fraction of sp³-hybridized carbons (Fsp3) is 0.250. The molecular formula is C20H19N3O4. The smallest absolute Gasteiger partial charge is 0.337 e. The summed E-state index contributed by atoms with van der Waals surface area (Å²) >= 11 is 0. The van der Waals surface area contributed by atoms with Crippen molar-refractivity contribution in [3.05, 3.63) is 53.6 Å². The molecule has 2 heterocycles. The van der Waals surface area contributed by atoms with Crippen LogP contribution in [0.25, 0.3) is 0 Å². The zero-order chi connectivity index (χ0) is 18.8. The molecule has 138 valence electrons. The number of carbonyl (C=O) groups is 2. The number of fused-ring (bicyclic) bond motifs is 1. The van der Waals surface area contributed by atoms with Crippen LogP contribution >= 0.6 is 0 Å². The van der Waals surface area contributed by atoms with E-state index in [2.05, 4.69) is 10.3 Å². The number of hydrogen-bond acceptors (Lipinski definition) is 5. The maximum Gasteiger partial charge on any atom is 0.337 e. The molecule has 0 aliphatic carbocycles. The highest BCUT2D eigenvalue weighted by molar-refractivity contribution is 6.12. The van der Waals surface area contributed by atoms with Crippen LogP contribution in [0.2, 0.25) is 0 Å². The molecule has 2 aromatic carbocycles. The average Bonchev–Trinajstić information content (AvgIpc) is 3.02. The quantitative estimate of drug-likeness (QED) is 0.813. The number of ether oxygens (including phenoxy) is 1. The molecule has 7 heteroatoms. The first-order chi connectivity index (χ1) is 13.1. The maximum absolute atomic E-state index is 12.2. The SMILES string of the molecule is O=C(O)c1cc(N=CC2C(=O)Nc3ccccc32)ccc1N1CCOCC1. The van der Waals surface area contributed by atoms with Gasteiger partial charge in [0.15, 0.2) is 0 Å². The Labute approximate surface area is 156 Å². The number of aliphatic imine (C=N–C) groups is 1. The molecule has 4 rings (SSSR count). The fourth-order valence-corrected chi connectivity index (χ4v) is 3.40. The lowest BCUT2D eigenvalue weighted by Gasteiger charge is -2.30. The molecule has 0 bridgehead atoms. The van der Waals surface area contributed by atoms with Crippen LogP contribution in [0.4, 0.5) is 17.1 Å². The number of para-hydroxylation sites is 1. The topological polar surface area (TPSA) is 91.2 Å². The summed E-state index contributed by atoms with van der Waals surface area (Å²) in [5, 5.41) is 12.4. The van der Waals surface area contributed by atoms with Crippen LogP contribution in [0.3, 0.4) is 0 Å². The van der Waals surface area contributed by atoms with E-state index >= 15 is 0 Å². The van der Waals surface area contributed by atoms with Crippen molar-refractivity contribution in [2.45, 2.75) is 5.92 Å². The Hall–Kier alpha value is -3.19. The standard InChI is InChI=1S/C20H19N3O4/c24-19-16(14-3-1-2-4-17(14)22-19)12-21-13-5-6-18(15(11-13)20(25)26)23-7-9-27-10-8-23/h1-6,11-12,16H,7-10H2,(H,22,24)(H,25,26). The van der Waals surface area contributed by atoms with Crippen molar-refractivity contribution in [2.24, 2.45) is 4.99 Å². The molecule has 1 atom stereocenters. The number of carboxylic acid groups (broad SMARTS) is 1. The minimum atomic E-state index is -1.00. The molecule has 0 spiro atoms. The zero-order valence-corrected chi connectivity index (χ0v) is 14.6. The van der Waals surface area contributed by atoms with Crippen molar-refractivity contribution >= 4 is 35.2 Å². The minimum Gasteiger partial charge on any atom is -0.478 e. The first-order valence-corrected chi connectivity index (χ1v) is 8.77. The summed E-state index contributed by atoms with van der Waals surface area (Å²) in [6.45, 7) is 2.47. The highest BCUT2D eigenvalue weighted by atomic mass is 16.5. The molecule has 1 unspecified atom stereocenters. The predicted molar refractivity (Wildman–Crippen MR) is 102 cm³/mol. The number of benzene rings is 2. The van der Waals surface area contributed by atoms with Gasteiger partial charge in [0.25, 0.3) is 0 Å². The fourth-order valence-electron chi connectivity index (χ4n) is 3.40. The number of rotatable bonds is 4. The third kappa shape index (κ3) is 3.41. The first-order valence-electron chi connectivity index (χ1n) is 8.77. The van der Waals surface area contributed by atoms with Gasteiger partial charge in [0.1, 0.15) is 5.92 Å². The Bertz CT molecular complexity index is 919. The van der Waals surface area contributed by atoms with Crippen LogP contribution in [0.15, 0.2) is 47.5 Å². The van der Waals surface area contributed by atoms with Gasteiger partial charge in [-0.3, -0.25) is 9.79 Å². The normalized spacial score (nSPS) is 19.2. The van der Waals surface area contributed by atoms with Gasteiger partial charge in [-0.15, -0.1) is 0 Å². The second kappa shape index (κ2) is 7.20. The summed E-state index contributed by atoms with van der Waals surface area (Å²) in [6.07, 6.45) is 1.57. The Balaban J connectivity index is 1.61. The predicted octanol–water partition coefficient (Wildman–Crippen LogP) is 2.66. The lowest BCUT2D eigenvalue weighted by Crippen LogP contribution is -2.37. The zero-order valence-electron chi connectivity index (χ0n) is 14.6. The van der Waals surface area contributed by atoms with E-state index in [1.807, 2.05) is 29.2 Å². The molecule has 27 heavy (non-hydrogen) atoms. The Morgan fingerprint density at radius 3 is 2.78 bits per heavy atom. The largest absolute Gasteiger partial charge is 0.478 e. The van der Waals surface area contributed by atoms with Gasteiger partial charge in [-0.25, -0.2) is 4.79 Å². The van der Waals surface area contributed by atoms with Gasteiger partial charge >= 0.3 is 5.97 Å². The van der Waals surface area contributed by atoms with Crippen LogP contribution in [-0.4, -0.2) is 49.5 Å². The first kappa shape index (κ1) is 17.2. The number of hydrogen-bond donors (Lipinski definition) is 2. The number of aromatic carboxylic acids is 1. The summed E-state index contributed by atoms with van der Waals surface area (Å²) in [5.41, 5.74) is 3.01. The van der Waals surface area contributed by atoms with Crippen LogP contribution in [0.5, 0.6) is 0 Å². The molecule has 2 aliphatic heterocycles. The van der Waals surface area contributed by atoms with E-state index in [1.165, 1.54) is 0 Å². The molecule has 1 fully saturated rings. The Morgan fingerprint density at radius 2 is 2.00 bits per heavy atom. The van der Waals surface area contributed by atoms with Crippen molar-refractivity contribution < 1.29 is 19.4 Å². The molecule has 2 aliphatic rings. The van der Waals surface area contributed by atoms with E-state index in [9.17, 15) is 14.7 Å². The molecule has 0 saturated carbocycles. The van der Waals surface area contributed by atoms with Crippen molar-refractivity contribution in [3.63, 3.8) is 0 Å². The summed E-state index contributed by atoms with van der Waals surface area (Å²) in [4.78, 5) is 30.3. The number of nitrogens with zero attached hydrogens (tertiary/aromatic N) is 2. The van der Waals surface area contributed by atoms with Crippen molar-refractivity contribution in [1.29, 1.82) is 0 Å². The number of morpholine rings is 1. The number of carbonyl (C=O) groups excluding carboxylic acids is 1. The van der Waals surface area contributed by atoms with Gasteiger partial charge in [-0.2, -0.15) is 0 Å². The number of amides is 1. The third-order valence-electron chi connectivity index (χ3n) is 4.77. The summed E-state index contributed by atoms with van der Waals surface area (Å²) in [5.74, 6) is -1.62. The average molecular weight is 365 g/mol. The van der Waals surface area contributed by atoms with Crippen molar-refractivity contribution in [2.75, 3.05) is 36.5 Å². The van der Waals surface area contributed by atoms with Gasteiger partial charge in [0, 0.05) is 25.0 Å². The van der Waals surface area contributed by atoms with Crippen molar-refractivity contribution in [1.82, 2.24) is 0 Å². The third-order valence-corrected chi connectivity index (χ3v) is 4.77. The van der Waals surface area contributed by atoms with Crippen LogP contribution < -0.4 is 10.2 Å². The molecule has 2 N–H and O–H groups in total. The number of carboxylic acids is 1. The maximum atomic E-state index is 12.2. The van der Waals surface area contributed by atoms with E-state index in [1.54, 1.807) is 24.4 Å². The van der Waals surface area contributed by atoms with Gasteiger partial charge in [-0.1, -0.05) is 18.2 Å². The molecule has 7 nitrogen and oxygen atoms in total. The van der Waals surface area contributed by atoms with Crippen molar-refractivity contribution in [3.8, 4) is 0 Å². The van der Waals surface area contributed by atoms with Gasteiger partial charge in [0.2, 0.25) is 5.91 Å². The number of nitrogens with one attached hydrogen (secondary N) is 1. The second-order valence-electron chi connectivity index (χ2n) is 6.44. The van der Waals surface area contributed by atoms with E-state index in [4.69, 9.17) is 4.74 Å². The lowest BCUT2D eigenvalue weighted by atomic mass is 10.0. The molecule has 2 aromatic rings. The highest BCUT2D eigenvalue weighted by Crippen LogP contribution is 2.32. The summed E-state index contributed by atoms with van der Waals surface area (Å²) < 4.78 is 5.33. The van der Waals surface area contributed by atoms with Gasteiger partial charge in [-0.05, 0) is 29.8 Å². The van der Waals surface area contributed by atoms with Gasteiger partial charge < -0.3 is 20.1 Å². The monoisotopic (exact) mass is 365 g/mol. The van der Waals surface area contributed by atoms with E-state index in [-0.39, 0.29) is 11.5 Å². The van der Waals surface area contributed by atoms with Crippen LogP contribution in [-0.2, 0) is 9.53 Å². The van der Waals surface area contributed by atoms with Crippen LogP contribution in [0.1, 0.15) is 21.8 Å². The summed E-state index contributed by atoms with van der Waals surface area (Å²) in [6, 6.07) is 12.6. The number of anilines is 2. The Morgan fingerprint density at radius 1 is 1.22 bits per heavy atom. The summed E-state index contributed by atoms with van der Waals surface area (Å²) in [7, 11) is 0. The molecular weight excluding hydrogens is 346 g/mol. The van der Waals surface area contributed by atoms with Gasteiger partial charge in [0.05, 0.1) is 30.2 Å². The molecule has 1 saturated heterocycles. The van der Waals surface area contributed by atoms with Crippen LogP contribution in [0, 0.1) is 0 Å². The van der Waals surface area contributed by atoms with E-state index in [0.29, 0.717) is 37.7 Å². The second-order valence-corrected chi connectivity index (χ2v) is 6.44. The molecule has 0 radical (unpaired) electrons. The molecule has 1 amide bonds. The van der Waals surface area contributed by atoms with E-state index in [0.717, 1.165) is 11.3 Å². The lowest BCUT2D eigenvalue weighted by molar-refractivity contribution is -0.115. The minimum absolute atomic E-state index is 0.136.